The molecule has 0 saturated heterocycles. The molecule has 0 atom stereocenters. The molecule has 0 aliphatic heterocycles. The molecule has 104 valence electrons. The number of nitrogens with zero attached hydrogens (tertiary/aromatic N) is 3. The Labute approximate surface area is 122 Å². The molecule has 1 rings (SSSR count). The van der Waals surface area contributed by atoms with Crippen LogP contribution in [0.5, 0.6) is 11.9 Å². The maximum absolute atomic E-state index is 11.9. The molecular formula is C4H8Cl2FN5O4Pt. The van der Waals surface area contributed by atoms with Crippen molar-refractivity contribution in [2.75, 3.05) is 0 Å². The van der Waals surface area contributed by atoms with Gasteiger partial charge in [0.1, 0.15) is 0 Å². The van der Waals surface area contributed by atoms with E-state index in [9.17, 15) is 14.6 Å². The second kappa shape index (κ2) is 20.6. The van der Waals surface area contributed by atoms with Crippen molar-refractivity contribution in [1.29, 1.82) is 0 Å². The quantitative estimate of drug-likeness (QED) is 0.244. The monoisotopic (exact) mass is 474 g/mol. The van der Waals surface area contributed by atoms with Crippen molar-refractivity contribution in [2.45, 2.75) is 0 Å². The predicted molar refractivity (Wildman–Crippen MR) is 38.5 cm³/mol. The molecule has 0 bridgehead atoms. The summed E-state index contributed by atoms with van der Waals surface area (Å²) >= 11 is 0. The van der Waals surface area contributed by atoms with Crippen molar-refractivity contribution < 1.29 is 65.7 Å². The van der Waals surface area contributed by atoms with Gasteiger partial charge < -0.3 is 52.5 Å². The fourth-order valence-corrected chi connectivity index (χ4v) is 0.336. The van der Waals surface area contributed by atoms with E-state index in [2.05, 4.69) is 9.97 Å². The summed E-state index contributed by atoms with van der Waals surface area (Å²) in [7, 11) is 0. The van der Waals surface area contributed by atoms with E-state index in [4.69, 9.17) is 10.1 Å². The van der Waals surface area contributed by atoms with Gasteiger partial charge in [-0.3, -0.25) is 4.98 Å². The summed E-state index contributed by atoms with van der Waals surface area (Å²) in [6.45, 7) is 0. The van der Waals surface area contributed by atoms with Gasteiger partial charge in [0.05, 0.1) is 12.2 Å². The second-order valence-corrected chi connectivity index (χ2v) is 1.39. The normalized spacial score (nSPS) is 5.71. The van der Waals surface area contributed by atoms with Crippen LogP contribution in [0.2, 0.25) is 0 Å². The van der Waals surface area contributed by atoms with Crippen LogP contribution in [0.3, 0.4) is 0 Å². The summed E-state index contributed by atoms with van der Waals surface area (Å²) < 4.78 is 11.9. The molecule has 17 heavy (non-hydrogen) atoms. The zero-order valence-corrected chi connectivity index (χ0v) is 11.7. The molecule has 0 saturated carbocycles. The van der Waals surface area contributed by atoms with Crippen LogP contribution in [0.4, 0.5) is 4.39 Å². The average molecular weight is 475 g/mol. The molecular weight excluding hydrogens is 467 g/mol. The van der Waals surface area contributed by atoms with Crippen molar-refractivity contribution >= 4 is 0 Å². The van der Waals surface area contributed by atoms with Crippen LogP contribution in [-0.2, 0) is 21.1 Å². The first-order valence-corrected chi connectivity index (χ1v) is 2.45. The number of hydrogen-bond donors (Lipinski definition) is 3. The van der Waals surface area contributed by atoms with Gasteiger partial charge in [0.15, 0.2) is 11.2 Å². The summed E-state index contributed by atoms with van der Waals surface area (Å²) in [6, 6.07) is -0.957. The van der Waals surface area contributed by atoms with E-state index in [0.29, 0.717) is 6.20 Å². The molecule has 1 aromatic rings. The summed E-state index contributed by atoms with van der Waals surface area (Å²) in [5, 5.41) is 28.1. The Morgan fingerprint density at radius 2 is 1.65 bits per heavy atom. The number of aromatic nitrogens is 2. The number of hydrogen-bond acceptors (Lipinski definition) is 8. The molecule has 1 aromatic heterocycles. The minimum atomic E-state index is -1.16. The van der Waals surface area contributed by atoms with Crippen LogP contribution in [0.25, 0.3) is 0 Å². The zero-order chi connectivity index (χ0) is 9.56. The fourth-order valence-electron chi connectivity index (χ4n) is 0.336. The topological polar surface area (TPSA) is 192 Å². The summed E-state index contributed by atoms with van der Waals surface area (Å²) in [4.78, 5) is 13.7. The van der Waals surface area contributed by atoms with Gasteiger partial charge in [-0.2, -0.15) is 0 Å². The molecule has 0 aliphatic carbocycles. The Morgan fingerprint density at radius 1 is 1.29 bits per heavy atom. The summed E-state index contributed by atoms with van der Waals surface area (Å²) in [5.74, 6) is -2.26. The Bertz CT molecular complexity index is 286. The molecule has 0 unspecified atom stereocenters. The maximum atomic E-state index is 11.9. The Morgan fingerprint density at radius 3 is 1.88 bits per heavy atom. The molecule has 13 heteroatoms. The summed E-state index contributed by atoms with van der Waals surface area (Å²) in [6.07, 6.45) is 0.553. The van der Waals surface area contributed by atoms with Gasteiger partial charge in [0.25, 0.3) is 0 Å². The largest absolute Gasteiger partial charge is 4.00 e. The standard InChI is InChI=1S/C4H3FN2O2.2ClH.HNO2.2H3N.Pt/c5-2-1-6-4(9)7-3(2)8;;;2-1-3;;;/h1H,(H2,6,7,8,9);2*1H;(H,2,3);2*1H3;/q;;;;;;+4/p-4. The molecule has 0 aromatic carbocycles. The SMILES string of the molecule is N.N.O=NO.[Cl-].[Cl-].[O-]c1ncc(F)c([O-])n1.[Pt+4]. The van der Waals surface area contributed by atoms with Crippen molar-refractivity contribution in [3.8, 4) is 11.9 Å². The Hall–Kier alpha value is -0.802. The van der Waals surface area contributed by atoms with Crippen LogP contribution in [0.1, 0.15) is 0 Å². The third-order valence-electron chi connectivity index (χ3n) is 0.690. The average Bonchev–Trinajstić information content (AvgIpc) is 1.99. The van der Waals surface area contributed by atoms with Gasteiger partial charge in [-0.1, -0.05) is 0 Å². The smallest absolute Gasteiger partial charge is 1.00 e. The van der Waals surface area contributed by atoms with E-state index in [1.807, 2.05) is 0 Å². The van der Waals surface area contributed by atoms with Crippen molar-refractivity contribution in [3.05, 3.63) is 16.9 Å². The molecule has 0 fully saturated rings. The van der Waals surface area contributed by atoms with E-state index < -0.39 is 17.7 Å². The first kappa shape index (κ1) is 36.0. The third-order valence-corrected chi connectivity index (χ3v) is 0.690. The maximum Gasteiger partial charge on any atom is 4.00 e. The van der Waals surface area contributed by atoms with Gasteiger partial charge in [-0.05, 0) is 0 Å². The van der Waals surface area contributed by atoms with Crippen LogP contribution in [0.15, 0.2) is 11.5 Å². The second-order valence-electron chi connectivity index (χ2n) is 1.39. The predicted octanol–water partition coefficient (Wildman–Crippen LogP) is -6.77. The molecule has 9 nitrogen and oxygen atoms in total. The zero-order valence-electron chi connectivity index (χ0n) is 7.96. The number of rotatable bonds is 0. The minimum absolute atomic E-state index is 0. The number of halogens is 3. The summed E-state index contributed by atoms with van der Waals surface area (Å²) in [5.41, 5.74) is 0. The van der Waals surface area contributed by atoms with Crippen LogP contribution < -0.4 is 47.3 Å². The van der Waals surface area contributed by atoms with Gasteiger partial charge in [0.2, 0.25) is 0 Å². The van der Waals surface area contributed by atoms with Gasteiger partial charge in [0, 0.05) is 5.88 Å². The first-order chi connectivity index (χ1) is 5.61. The van der Waals surface area contributed by atoms with E-state index in [0.717, 1.165) is 0 Å². The van der Waals surface area contributed by atoms with Crippen molar-refractivity contribution in [2.24, 2.45) is 5.34 Å². The van der Waals surface area contributed by atoms with Gasteiger partial charge >= 0.3 is 21.1 Å². The van der Waals surface area contributed by atoms with Crippen molar-refractivity contribution in [1.82, 2.24) is 22.3 Å². The fraction of sp³-hybridized carbons (Fsp3) is 0. The van der Waals surface area contributed by atoms with E-state index in [-0.39, 0.29) is 58.2 Å². The van der Waals surface area contributed by atoms with Crippen molar-refractivity contribution in [3.63, 3.8) is 0 Å². The Kier molecular flexibility index (Phi) is 43.6. The molecule has 0 radical (unpaired) electrons. The molecule has 1 heterocycles. The van der Waals surface area contributed by atoms with Gasteiger partial charge in [-0.15, -0.1) is 4.91 Å². The van der Waals surface area contributed by atoms with E-state index in [1.165, 1.54) is 5.34 Å². The first-order valence-electron chi connectivity index (χ1n) is 2.45. The third kappa shape index (κ3) is 17.8. The molecule has 0 spiro atoms. The van der Waals surface area contributed by atoms with Crippen LogP contribution >= 0.6 is 0 Å². The minimum Gasteiger partial charge on any atom is -1.00 e. The molecule has 0 aliphatic rings. The van der Waals surface area contributed by atoms with E-state index in [1.54, 1.807) is 0 Å². The van der Waals surface area contributed by atoms with E-state index >= 15 is 0 Å². The van der Waals surface area contributed by atoms with Gasteiger partial charge in [-0.25, -0.2) is 9.37 Å². The Balaban J connectivity index is -0.0000000349. The van der Waals surface area contributed by atoms with Crippen LogP contribution in [0, 0.1) is 10.7 Å². The molecule has 0 amide bonds. The molecule has 7 N–H and O–H groups in total. The van der Waals surface area contributed by atoms with Crippen LogP contribution in [-0.4, -0.2) is 15.2 Å².